The molecule has 122 valence electrons. The van der Waals surface area contributed by atoms with E-state index in [2.05, 4.69) is 68.6 Å². The highest BCUT2D eigenvalue weighted by Gasteiger charge is 2.06. The first kappa shape index (κ1) is 16.5. The molecular weight excluding hydrogens is 364 g/mol. The summed E-state index contributed by atoms with van der Waals surface area (Å²) in [4.78, 5) is 9.05. The molecule has 0 bridgehead atoms. The van der Waals surface area contributed by atoms with E-state index in [1.807, 2.05) is 37.3 Å². The number of halogens is 1. The molecule has 24 heavy (non-hydrogen) atoms. The quantitative estimate of drug-likeness (QED) is 0.611. The predicted octanol–water partition coefficient (Wildman–Crippen LogP) is 5.65. The highest BCUT2D eigenvalue weighted by Crippen LogP contribution is 2.27. The van der Waals surface area contributed by atoms with E-state index in [9.17, 15) is 0 Å². The van der Waals surface area contributed by atoms with Gasteiger partial charge in [0.05, 0.1) is 5.69 Å². The molecule has 0 atom stereocenters. The smallest absolute Gasteiger partial charge is 0.229 e. The van der Waals surface area contributed by atoms with Gasteiger partial charge >= 0.3 is 0 Å². The highest BCUT2D eigenvalue weighted by molar-refractivity contribution is 9.10. The van der Waals surface area contributed by atoms with Crippen molar-refractivity contribution in [2.24, 2.45) is 0 Å². The van der Waals surface area contributed by atoms with Crippen molar-refractivity contribution in [2.45, 2.75) is 20.8 Å². The maximum atomic E-state index is 4.57. The second-order valence-electron chi connectivity index (χ2n) is 5.77. The highest BCUT2D eigenvalue weighted by atomic mass is 79.9. The molecule has 3 rings (SSSR count). The number of aromatic nitrogens is 2. The van der Waals surface area contributed by atoms with Gasteiger partial charge in [-0.2, -0.15) is 4.98 Å². The van der Waals surface area contributed by atoms with Crippen LogP contribution in [0.25, 0.3) is 0 Å². The van der Waals surface area contributed by atoms with Crippen LogP contribution in [-0.2, 0) is 0 Å². The van der Waals surface area contributed by atoms with Crippen LogP contribution >= 0.6 is 15.9 Å². The maximum Gasteiger partial charge on any atom is 0.229 e. The van der Waals surface area contributed by atoms with Crippen LogP contribution in [0.5, 0.6) is 0 Å². The molecule has 2 aromatic carbocycles. The molecule has 0 aliphatic carbocycles. The fraction of sp³-hybridized carbons (Fsp3) is 0.158. The zero-order chi connectivity index (χ0) is 17.1. The van der Waals surface area contributed by atoms with Gasteiger partial charge < -0.3 is 10.6 Å². The monoisotopic (exact) mass is 382 g/mol. The summed E-state index contributed by atoms with van der Waals surface area (Å²) < 4.78 is 1.01. The van der Waals surface area contributed by atoms with Gasteiger partial charge in [-0.1, -0.05) is 24.3 Å². The van der Waals surface area contributed by atoms with Crippen molar-refractivity contribution in [1.82, 2.24) is 9.97 Å². The molecule has 0 aliphatic heterocycles. The summed E-state index contributed by atoms with van der Waals surface area (Å²) in [7, 11) is 0. The molecule has 0 aliphatic rings. The number of nitrogens with one attached hydrogen (secondary N) is 2. The van der Waals surface area contributed by atoms with Gasteiger partial charge in [-0.3, -0.25) is 0 Å². The van der Waals surface area contributed by atoms with Gasteiger partial charge in [0.1, 0.15) is 5.82 Å². The summed E-state index contributed by atoms with van der Waals surface area (Å²) in [6.45, 7) is 6.08. The maximum absolute atomic E-state index is 4.57. The summed E-state index contributed by atoms with van der Waals surface area (Å²) in [5, 5.41) is 6.63. The van der Waals surface area contributed by atoms with Crippen molar-refractivity contribution >= 4 is 39.1 Å². The number of aryl methyl sites for hydroxylation is 3. The third-order valence-electron chi connectivity index (χ3n) is 3.63. The van der Waals surface area contributed by atoms with Gasteiger partial charge in [-0.05, 0) is 66.0 Å². The molecule has 1 heterocycles. The number of hydrogen-bond acceptors (Lipinski definition) is 4. The van der Waals surface area contributed by atoms with Crippen LogP contribution in [0.3, 0.4) is 0 Å². The van der Waals surface area contributed by atoms with Crippen molar-refractivity contribution in [3.8, 4) is 0 Å². The van der Waals surface area contributed by atoms with Gasteiger partial charge in [0.15, 0.2) is 0 Å². The topological polar surface area (TPSA) is 49.8 Å². The van der Waals surface area contributed by atoms with Crippen LogP contribution in [-0.4, -0.2) is 9.97 Å². The molecule has 0 fully saturated rings. The van der Waals surface area contributed by atoms with E-state index >= 15 is 0 Å². The van der Waals surface area contributed by atoms with E-state index in [1.54, 1.807) is 0 Å². The Labute approximate surface area is 150 Å². The minimum atomic E-state index is 0.579. The molecular formula is C19H19BrN4. The molecule has 0 radical (unpaired) electrons. The van der Waals surface area contributed by atoms with Crippen molar-refractivity contribution in [3.63, 3.8) is 0 Å². The number of hydrogen-bond donors (Lipinski definition) is 2. The minimum absolute atomic E-state index is 0.579. The molecule has 5 heteroatoms. The van der Waals surface area contributed by atoms with Gasteiger partial charge in [-0.15, -0.1) is 0 Å². The average molecular weight is 383 g/mol. The summed E-state index contributed by atoms with van der Waals surface area (Å²) in [6, 6.07) is 16.2. The van der Waals surface area contributed by atoms with Crippen LogP contribution in [0, 0.1) is 20.8 Å². The molecule has 3 aromatic rings. The second kappa shape index (κ2) is 7.01. The Morgan fingerprint density at radius 1 is 0.833 bits per heavy atom. The number of rotatable bonds is 4. The lowest BCUT2D eigenvalue weighted by molar-refractivity contribution is 1.10. The Kier molecular flexibility index (Phi) is 4.81. The molecule has 4 nitrogen and oxygen atoms in total. The fourth-order valence-electron chi connectivity index (χ4n) is 2.38. The number of para-hydroxylation sites is 1. The van der Waals surface area contributed by atoms with Crippen LogP contribution in [0.4, 0.5) is 23.1 Å². The molecule has 1 aromatic heterocycles. The Morgan fingerprint density at radius 3 is 2.38 bits per heavy atom. The number of anilines is 4. The van der Waals surface area contributed by atoms with Crippen molar-refractivity contribution in [2.75, 3.05) is 10.6 Å². The van der Waals surface area contributed by atoms with Crippen LogP contribution < -0.4 is 10.6 Å². The molecule has 0 amide bonds. The van der Waals surface area contributed by atoms with Gasteiger partial charge in [0.2, 0.25) is 5.95 Å². The lowest BCUT2D eigenvalue weighted by Crippen LogP contribution is -2.03. The third kappa shape index (κ3) is 3.92. The van der Waals surface area contributed by atoms with Gasteiger partial charge in [-0.25, -0.2) is 4.98 Å². The first-order valence-electron chi connectivity index (χ1n) is 7.73. The average Bonchev–Trinajstić information content (AvgIpc) is 2.52. The van der Waals surface area contributed by atoms with Gasteiger partial charge in [0, 0.05) is 21.9 Å². The standard InChI is InChI=1S/C19H19BrN4/c1-12-8-9-17(15(20)10-12)22-18-11-14(3)21-19(24-18)23-16-7-5-4-6-13(16)2/h4-11H,1-3H3,(H2,21,22,23,24). The summed E-state index contributed by atoms with van der Waals surface area (Å²) in [6.07, 6.45) is 0. The van der Waals surface area contributed by atoms with E-state index < -0.39 is 0 Å². The normalized spacial score (nSPS) is 10.5. The SMILES string of the molecule is Cc1ccc(Nc2cc(C)nc(Nc3ccccc3C)n2)c(Br)c1. The van der Waals surface area contributed by atoms with Gasteiger partial charge in [0.25, 0.3) is 0 Å². The largest absolute Gasteiger partial charge is 0.339 e. The Balaban J connectivity index is 1.87. The Hall–Kier alpha value is -2.40. The third-order valence-corrected chi connectivity index (χ3v) is 4.29. The second-order valence-corrected chi connectivity index (χ2v) is 6.62. The first-order chi connectivity index (χ1) is 11.5. The van der Waals surface area contributed by atoms with Crippen molar-refractivity contribution in [3.05, 3.63) is 69.8 Å². The molecule has 2 N–H and O–H groups in total. The molecule has 0 saturated heterocycles. The van der Waals surface area contributed by atoms with Crippen LogP contribution in [0.1, 0.15) is 16.8 Å². The summed E-state index contributed by atoms with van der Waals surface area (Å²) in [5.41, 5.74) is 5.23. The fourth-order valence-corrected chi connectivity index (χ4v) is 2.97. The minimum Gasteiger partial charge on any atom is -0.339 e. The molecule has 0 spiro atoms. The number of nitrogens with zero attached hydrogens (tertiary/aromatic N) is 2. The lowest BCUT2D eigenvalue weighted by atomic mass is 10.2. The summed E-state index contributed by atoms with van der Waals surface area (Å²) >= 11 is 3.58. The number of benzene rings is 2. The van der Waals surface area contributed by atoms with E-state index in [-0.39, 0.29) is 0 Å². The Morgan fingerprint density at radius 2 is 1.62 bits per heavy atom. The molecule has 0 unspecified atom stereocenters. The van der Waals surface area contributed by atoms with Crippen LogP contribution in [0.2, 0.25) is 0 Å². The Bertz CT molecular complexity index is 877. The zero-order valence-corrected chi connectivity index (χ0v) is 15.5. The predicted molar refractivity (Wildman–Crippen MR) is 103 cm³/mol. The zero-order valence-electron chi connectivity index (χ0n) is 13.9. The first-order valence-corrected chi connectivity index (χ1v) is 8.52. The van der Waals surface area contributed by atoms with E-state index in [0.29, 0.717) is 5.95 Å². The molecule has 0 saturated carbocycles. The lowest BCUT2D eigenvalue weighted by Gasteiger charge is -2.12. The van der Waals surface area contributed by atoms with E-state index in [4.69, 9.17) is 0 Å². The van der Waals surface area contributed by atoms with E-state index in [0.717, 1.165) is 32.9 Å². The summed E-state index contributed by atoms with van der Waals surface area (Å²) in [5.74, 6) is 1.33. The van der Waals surface area contributed by atoms with Crippen LogP contribution in [0.15, 0.2) is 53.0 Å². The van der Waals surface area contributed by atoms with Crippen molar-refractivity contribution in [1.29, 1.82) is 0 Å². The van der Waals surface area contributed by atoms with Crippen molar-refractivity contribution < 1.29 is 0 Å². The van der Waals surface area contributed by atoms with E-state index in [1.165, 1.54) is 5.56 Å².